The monoisotopic (exact) mass is 271 g/mol. The van der Waals surface area contributed by atoms with Crippen molar-refractivity contribution in [3.63, 3.8) is 0 Å². The summed E-state index contributed by atoms with van der Waals surface area (Å²) in [5.74, 6) is 0.655. The first kappa shape index (κ1) is 16.4. The molecule has 1 rings (SSSR count). The lowest BCUT2D eigenvalue weighted by Gasteiger charge is -2.40. The number of hydrogen-bond donors (Lipinski definition) is 2. The molecule has 1 fully saturated rings. The number of piperidine rings is 1. The highest BCUT2D eigenvalue weighted by molar-refractivity contribution is 5.76. The van der Waals surface area contributed by atoms with Crippen molar-refractivity contribution in [1.82, 2.24) is 10.2 Å². The van der Waals surface area contributed by atoms with Gasteiger partial charge in [0.15, 0.2) is 0 Å². The SMILES string of the molecule is COC1CN(C(CN)CC(=O)NC(C)C)CCC1C. The molecule has 1 amide bonds. The van der Waals surface area contributed by atoms with Gasteiger partial charge in [0.05, 0.1) is 6.10 Å². The lowest BCUT2D eigenvalue weighted by molar-refractivity contribution is -0.123. The first-order valence-corrected chi connectivity index (χ1v) is 7.24. The van der Waals surface area contributed by atoms with E-state index in [2.05, 4.69) is 17.1 Å². The average Bonchev–Trinajstić information content (AvgIpc) is 2.36. The molecule has 0 aromatic rings. The molecule has 3 N–H and O–H groups in total. The number of nitrogens with one attached hydrogen (secondary N) is 1. The maximum Gasteiger partial charge on any atom is 0.221 e. The molecule has 3 atom stereocenters. The molecule has 0 spiro atoms. The van der Waals surface area contributed by atoms with Crippen molar-refractivity contribution >= 4 is 5.91 Å². The topological polar surface area (TPSA) is 67.6 Å². The number of methoxy groups -OCH3 is 1. The van der Waals surface area contributed by atoms with E-state index >= 15 is 0 Å². The van der Waals surface area contributed by atoms with Crippen LogP contribution in [0.4, 0.5) is 0 Å². The molecule has 112 valence electrons. The summed E-state index contributed by atoms with van der Waals surface area (Å²) in [5, 5.41) is 2.93. The fourth-order valence-corrected chi connectivity index (χ4v) is 2.65. The van der Waals surface area contributed by atoms with Gasteiger partial charge in [0.25, 0.3) is 0 Å². The van der Waals surface area contributed by atoms with E-state index in [9.17, 15) is 4.79 Å². The highest BCUT2D eigenvalue weighted by Crippen LogP contribution is 2.21. The van der Waals surface area contributed by atoms with Crippen molar-refractivity contribution in [3.05, 3.63) is 0 Å². The number of nitrogens with two attached hydrogens (primary N) is 1. The Labute approximate surface area is 116 Å². The molecule has 1 aliphatic heterocycles. The molecular formula is C14H29N3O2. The maximum absolute atomic E-state index is 11.9. The number of ether oxygens (including phenoxy) is 1. The van der Waals surface area contributed by atoms with Crippen LogP contribution in [0, 0.1) is 5.92 Å². The number of rotatable bonds is 6. The number of hydrogen-bond acceptors (Lipinski definition) is 4. The van der Waals surface area contributed by atoms with Crippen molar-refractivity contribution in [3.8, 4) is 0 Å². The van der Waals surface area contributed by atoms with Gasteiger partial charge in [-0.15, -0.1) is 0 Å². The molecule has 5 heteroatoms. The van der Waals surface area contributed by atoms with Crippen molar-refractivity contribution in [1.29, 1.82) is 0 Å². The van der Waals surface area contributed by atoms with Gasteiger partial charge >= 0.3 is 0 Å². The van der Waals surface area contributed by atoms with Gasteiger partial charge in [-0.3, -0.25) is 9.69 Å². The Morgan fingerprint density at radius 3 is 2.74 bits per heavy atom. The Bertz CT molecular complexity index is 284. The molecule has 1 saturated heterocycles. The zero-order valence-corrected chi connectivity index (χ0v) is 12.7. The van der Waals surface area contributed by atoms with Gasteiger partial charge in [0, 0.05) is 38.7 Å². The van der Waals surface area contributed by atoms with Crippen LogP contribution in [0.15, 0.2) is 0 Å². The summed E-state index contributed by atoms with van der Waals surface area (Å²) in [6, 6.07) is 0.294. The normalized spacial score (nSPS) is 26.4. The van der Waals surface area contributed by atoms with Crippen LogP contribution in [0.3, 0.4) is 0 Å². The Morgan fingerprint density at radius 2 is 2.21 bits per heavy atom. The molecule has 0 aromatic heterocycles. The predicted octanol–water partition coefficient (Wildman–Crippen LogP) is 0.585. The lowest BCUT2D eigenvalue weighted by Crippen LogP contribution is -2.52. The van der Waals surface area contributed by atoms with Crippen LogP contribution >= 0.6 is 0 Å². The van der Waals surface area contributed by atoms with E-state index in [0.29, 0.717) is 18.9 Å². The van der Waals surface area contributed by atoms with Gasteiger partial charge in [-0.1, -0.05) is 6.92 Å². The molecule has 0 aromatic carbocycles. The summed E-state index contributed by atoms with van der Waals surface area (Å²) in [6.07, 6.45) is 1.82. The quantitative estimate of drug-likeness (QED) is 0.742. The van der Waals surface area contributed by atoms with Crippen LogP contribution in [0.2, 0.25) is 0 Å². The Hall–Kier alpha value is -0.650. The van der Waals surface area contributed by atoms with Crippen molar-refractivity contribution in [2.24, 2.45) is 11.7 Å². The minimum Gasteiger partial charge on any atom is -0.380 e. The largest absolute Gasteiger partial charge is 0.380 e. The van der Waals surface area contributed by atoms with Gasteiger partial charge in [0.2, 0.25) is 5.91 Å². The minimum absolute atomic E-state index is 0.0815. The third-order valence-electron chi connectivity index (χ3n) is 3.88. The van der Waals surface area contributed by atoms with Crippen LogP contribution in [0.25, 0.3) is 0 Å². The van der Waals surface area contributed by atoms with Crippen molar-refractivity contribution in [2.45, 2.75) is 51.8 Å². The molecule has 0 radical (unpaired) electrons. The molecule has 0 saturated carbocycles. The van der Waals surface area contributed by atoms with Gasteiger partial charge < -0.3 is 15.8 Å². The summed E-state index contributed by atoms with van der Waals surface area (Å²) in [4.78, 5) is 14.2. The maximum atomic E-state index is 11.9. The molecule has 1 aliphatic rings. The highest BCUT2D eigenvalue weighted by Gasteiger charge is 2.30. The molecule has 0 aliphatic carbocycles. The van der Waals surface area contributed by atoms with Crippen LogP contribution in [0.5, 0.6) is 0 Å². The van der Waals surface area contributed by atoms with Crippen molar-refractivity contribution in [2.75, 3.05) is 26.7 Å². The number of nitrogens with zero attached hydrogens (tertiary/aromatic N) is 1. The third kappa shape index (κ3) is 5.09. The summed E-state index contributed by atoms with van der Waals surface area (Å²) in [6.45, 7) is 8.54. The number of amides is 1. The molecule has 0 bridgehead atoms. The van der Waals surface area contributed by atoms with E-state index in [0.717, 1.165) is 19.5 Å². The number of carbonyl (C=O) groups excluding carboxylic acids is 1. The van der Waals surface area contributed by atoms with E-state index in [4.69, 9.17) is 10.5 Å². The van der Waals surface area contributed by atoms with Crippen LogP contribution < -0.4 is 11.1 Å². The summed E-state index contributed by atoms with van der Waals surface area (Å²) in [5.41, 5.74) is 5.84. The molecular weight excluding hydrogens is 242 g/mol. The first-order chi connectivity index (χ1) is 8.97. The van der Waals surface area contributed by atoms with Gasteiger partial charge in [-0.25, -0.2) is 0 Å². The van der Waals surface area contributed by atoms with Crippen LogP contribution in [-0.4, -0.2) is 55.7 Å². The van der Waals surface area contributed by atoms with Gasteiger partial charge in [0.1, 0.15) is 0 Å². The minimum atomic E-state index is 0.0815. The molecule has 5 nitrogen and oxygen atoms in total. The molecule has 19 heavy (non-hydrogen) atoms. The fraction of sp³-hybridized carbons (Fsp3) is 0.929. The Balaban J connectivity index is 2.52. The second-order valence-corrected chi connectivity index (χ2v) is 5.85. The smallest absolute Gasteiger partial charge is 0.221 e. The van der Waals surface area contributed by atoms with E-state index in [1.165, 1.54) is 0 Å². The zero-order valence-electron chi connectivity index (χ0n) is 12.7. The van der Waals surface area contributed by atoms with Crippen molar-refractivity contribution < 1.29 is 9.53 Å². The second-order valence-electron chi connectivity index (χ2n) is 5.85. The Kier molecular flexibility index (Phi) is 6.75. The highest BCUT2D eigenvalue weighted by atomic mass is 16.5. The van der Waals surface area contributed by atoms with E-state index < -0.39 is 0 Å². The van der Waals surface area contributed by atoms with E-state index in [-0.39, 0.29) is 24.1 Å². The van der Waals surface area contributed by atoms with E-state index in [1.807, 2.05) is 13.8 Å². The van der Waals surface area contributed by atoms with Gasteiger partial charge in [-0.2, -0.15) is 0 Å². The predicted molar refractivity (Wildman–Crippen MR) is 76.9 cm³/mol. The third-order valence-corrected chi connectivity index (χ3v) is 3.88. The van der Waals surface area contributed by atoms with E-state index in [1.54, 1.807) is 7.11 Å². The number of carbonyl (C=O) groups is 1. The summed E-state index contributed by atoms with van der Waals surface area (Å²) >= 11 is 0. The zero-order chi connectivity index (χ0) is 14.4. The fourth-order valence-electron chi connectivity index (χ4n) is 2.65. The average molecular weight is 271 g/mol. The summed E-state index contributed by atoms with van der Waals surface area (Å²) in [7, 11) is 1.76. The lowest BCUT2D eigenvalue weighted by atomic mass is 9.94. The molecule has 1 heterocycles. The molecule has 3 unspecified atom stereocenters. The van der Waals surface area contributed by atoms with Crippen LogP contribution in [-0.2, 0) is 9.53 Å². The Morgan fingerprint density at radius 1 is 1.53 bits per heavy atom. The number of likely N-dealkylation sites (tertiary alicyclic amines) is 1. The summed E-state index contributed by atoms with van der Waals surface area (Å²) < 4.78 is 5.51. The standard InChI is InChI=1S/C14H29N3O2/c1-10(2)16-14(18)7-12(8-15)17-6-5-11(3)13(9-17)19-4/h10-13H,5-9,15H2,1-4H3,(H,16,18). The van der Waals surface area contributed by atoms with Gasteiger partial charge in [-0.05, 0) is 32.7 Å². The first-order valence-electron chi connectivity index (χ1n) is 7.24. The second kappa shape index (κ2) is 7.82. The van der Waals surface area contributed by atoms with Crippen LogP contribution in [0.1, 0.15) is 33.6 Å².